The molecular formula is C20H18N2O6S. The summed E-state index contributed by atoms with van der Waals surface area (Å²) in [5.74, 6) is -0.606. The molecule has 0 saturated heterocycles. The molecule has 0 amide bonds. The first-order valence-corrected chi connectivity index (χ1v) is 9.69. The molecule has 3 aromatic rings. The average molecular weight is 414 g/mol. The van der Waals surface area contributed by atoms with E-state index in [1.165, 1.54) is 44.2 Å². The smallest absolute Gasteiger partial charge is 0.342 e. The average Bonchev–Trinajstić information content (AvgIpc) is 2.75. The van der Waals surface area contributed by atoms with Crippen LogP contribution >= 0.6 is 11.8 Å². The van der Waals surface area contributed by atoms with Crippen LogP contribution in [0.5, 0.6) is 5.75 Å². The highest BCUT2D eigenvalue weighted by Crippen LogP contribution is 2.26. The molecule has 0 aliphatic carbocycles. The summed E-state index contributed by atoms with van der Waals surface area (Å²) in [7, 11) is 2.74. The monoisotopic (exact) mass is 414 g/mol. The summed E-state index contributed by atoms with van der Waals surface area (Å²) in [6, 6.07) is 9.56. The minimum atomic E-state index is -0.611. The van der Waals surface area contributed by atoms with E-state index in [1.54, 1.807) is 18.2 Å². The summed E-state index contributed by atoms with van der Waals surface area (Å²) in [6.45, 7) is -0.250. The Bertz CT molecular complexity index is 1140. The van der Waals surface area contributed by atoms with Crippen LogP contribution in [0.4, 0.5) is 0 Å². The van der Waals surface area contributed by atoms with Gasteiger partial charge in [0.1, 0.15) is 23.7 Å². The van der Waals surface area contributed by atoms with Gasteiger partial charge in [0.05, 0.1) is 30.7 Å². The van der Waals surface area contributed by atoms with Crippen molar-refractivity contribution >= 4 is 34.6 Å². The fourth-order valence-electron chi connectivity index (χ4n) is 2.68. The van der Waals surface area contributed by atoms with Crippen molar-refractivity contribution in [1.29, 1.82) is 0 Å². The number of nitrogens with zero attached hydrogens (tertiary/aromatic N) is 1. The van der Waals surface area contributed by atoms with Crippen molar-refractivity contribution in [1.82, 2.24) is 9.97 Å². The molecule has 0 atom stereocenters. The molecule has 8 nitrogen and oxygen atoms in total. The van der Waals surface area contributed by atoms with Crippen molar-refractivity contribution in [2.45, 2.75) is 11.5 Å². The van der Waals surface area contributed by atoms with E-state index in [0.717, 1.165) is 4.90 Å². The van der Waals surface area contributed by atoms with Gasteiger partial charge < -0.3 is 19.2 Å². The number of nitrogens with one attached hydrogen (secondary N) is 1. The maximum absolute atomic E-state index is 12.4. The van der Waals surface area contributed by atoms with E-state index in [-0.39, 0.29) is 23.6 Å². The van der Waals surface area contributed by atoms with Crippen LogP contribution in [0.3, 0.4) is 0 Å². The number of methoxy groups -OCH3 is 2. The third-order valence-electron chi connectivity index (χ3n) is 4.15. The topological polar surface area (TPSA) is 108 Å². The fourth-order valence-corrected chi connectivity index (χ4v) is 3.11. The largest absolute Gasteiger partial charge is 0.496 e. The highest BCUT2D eigenvalue weighted by atomic mass is 32.2. The molecule has 0 fully saturated rings. The van der Waals surface area contributed by atoms with Gasteiger partial charge >= 0.3 is 11.9 Å². The lowest BCUT2D eigenvalue weighted by Crippen LogP contribution is -2.15. The molecule has 1 heterocycles. The summed E-state index contributed by atoms with van der Waals surface area (Å²) in [5.41, 5.74) is 0.421. The Labute approximate surface area is 170 Å². The number of H-pyrrole nitrogens is 1. The molecule has 29 heavy (non-hydrogen) atoms. The van der Waals surface area contributed by atoms with Crippen LogP contribution in [0.1, 0.15) is 26.5 Å². The van der Waals surface area contributed by atoms with E-state index in [0.29, 0.717) is 16.7 Å². The van der Waals surface area contributed by atoms with E-state index >= 15 is 0 Å². The first kappa shape index (κ1) is 20.4. The molecule has 9 heteroatoms. The number of thioether (sulfide) groups is 1. The van der Waals surface area contributed by atoms with E-state index < -0.39 is 17.5 Å². The predicted octanol–water partition coefficient (Wildman–Crippen LogP) is 2.80. The Morgan fingerprint density at radius 1 is 1.10 bits per heavy atom. The molecule has 2 aromatic carbocycles. The van der Waals surface area contributed by atoms with Crippen molar-refractivity contribution in [2.75, 3.05) is 20.5 Å². The van der Waals surface area contributed by atoms with E-state index in [9.17, 15) is 14.4 Å². The van der Waals surface area contributed by atoms with Gasteiger partial charge in [0, 0.05) is 4.90 Å². The molecule has 0 radical (unpaired) electrons. The lowest BCUT2D eigenvalue weighted by Gasteiger charge is -2.10. The second-order valence-corrected chi connectivity index (χ2v) is 6.76. The lowest BCUT2D eigenvalue weighted by atomic mass is 10.1. The van der Waals surface area contributed by atoms with Gasteiger partial charge in [-0.15, -0.1) is 11.8 Å². The molecule has 0 saturated carbocycles. The van der Waals surface area contributed by atoms with Gasteiger partial charge in [-0.25, -0.2) is 14.6 Å². The van der Waals surface area contributed by atoms with Crippen molar-refractivity contribution in [3.8, 4) is 5.75 Å². The van der Waals surface area contributed by atoms with Crippen molar-refractivity contribution in [2.24, 2.45) is 0 Å². The second kappa shape index (κ2) is 8.78. The molecule has 1 aromatic heterocycles. The summed E-state index contributed by atoms with van der Waals surface area (Å²) in [6.07, 6.45) is 1.92. The van der Waals surface area contributed by atoms with Crippen LogP contribution in [0.2, 0.25) is 0 Å². The third-order valence-corrected chi connectivity index (χ3v) is 4.87. The summed E-state index contributed by atoms with van der Waals surface area (Å²) in [5, 5.41) is 0.307. The van der Waals surface area contributed by atoms with Crippen LogP contribution in [0, 0.1) is 0 Å². The van der Waals surface area contributed by atoms with Gasteiger partial charge in [-0.2, -0.15) is 0 Å². The molecule has 1 N–H and O–H groups in total. The zero-order chi connectivity index (χ0) is 21.0. The number of esters is 2. The molecule has 150 valence electrons. The third kappa shape index (κ3) is 4.40. The van der Waals surface area contributed by atoms with Gasteiger partial charge in [0.25, 0.3) is 5.56 Å². The minimum absolute atomic E-state index is 0.151. The number of aromatic amines is 1. The number of benzene rings is 2. The Hall–Kier alpha value is -3.33. The maximum atomic E-state index is 12.4. The number of aromatic nitrogens is 2. The van der Waals surface area contributed by atoms with Crippen LogP contribution in [0.15, 0.2) is 46.1 Å². The molecule has 0 bridgehead atoms. The first-order valence-electron chi connectivity index (χ1n) is 8.47. The fraction of sp³-hybridized carbons (Fsp3) is 0.200. The van der Waals surface area contributed by atoms with Crippen LogP contribution in [-0.4, -0.2) is 42.4 Å². The maximum Gasteiger partial charge on any atom is 0.342 e. The van der Waals surface area contributed by atoms with Gasteiger partial charge in [-0.3, -0.25) is 4.79 Å². The molecular weight excluding hydrogens is 396 g/mol. The SMILES string of the molecule is COC(=O)c1ccc2c(=O)[nH]c(COC(=O)c3ccc(SC)cc3OC)nc2c1. The Morgan fingerprint density at radius 2 is 1.90 bits per heavy atom. The van der Waals surface area contributed by atoms with Gasteiger partial charge in [-0.05, 0) is 42.7 Å². The zero-order valence-corrected chi connectivity index (χ0v) is 16.8. The highest BCUT2D eigenvalue weighted by molar-refractivity contribution is 7.98. The van der Waals surface area contributed by atoms with Gasteiger partial charge in [0.15, 0.2) is 0 Å². The van der Waals surface area contributed by atoms with E-state index in [1.807, 2.05) is 6.26 Å². The summed E-state index contributed by atoms with van der Waals surface area (Å²) in [4.78, 5) is 44.2. The predicted molar refractivity (Wildman–Crippen MR) is 108 cm³/mol. The Balaban J connectivity index is 1.84. The molecule has 0 spiro atoms. The number of hydrogen-bond donors (Lipinski definition) is 1. The summed E-state index contributed by atoms with van der Waals surface area (Å²) >= 11 is 1.52. The minimum Gasteiger partial charge on any atom is -0.496 e. The molecule has 0 aliphatic heterocycles. The van der Waals surface area contributed by atoms with Crippen LogP contribution in [-0.2, 0) is 16.1 Å². The zero-order valence-electron chi connectivity index (χ0n) is 16.0. The number of carbonyl (C=O) groups excluding carboxylic acids is 2. The molecule has 0 aliphatic rings. The second-order valence-electron chi connectivity index (χ2n) is 5.88. The van der Waals surface area contributed by atoms with E-state index in [4.69, 9.17) is 9.47 Å². The lowest BCUT2D eigenvalue weighted by molar-refractivity contribution is 0.0458. The van der Waals surface area contributed by atoms with Crippen molar-refractivity contribution in [3.63, 3.8) is 0 Å². The van der Waals surface area contributed by atoms with Gasteiger partial charge in [-0.1, -0.05) is 0 Å². The number of carbonyl (C=O) groups is 2. The quantitative estimate of drug-likeness (QED) is 0.485. The Morgan fingerprint density at radius 3 is 2.59 bits per heavy atom. The number of ether oxygens (including phenoxy) is 3. The van der Waals surface area contributed by atoms with Crippen molar-refractivity contribution < 1.29 is 23.8 Å². The normalized spacial score (nSPS) is 10.6. The Kier molecular flexibility index (Phi) is 6.18. The molecule has 3 rings (SSSR count). The number of fused-ring (bicyclic) bond motifs is 1. The van der Waals surface area contributed by atoms with E-state index in [2.05, 4.69) is 14.7 Å². The van der Waals surface area contributed by atoms with Crippen molar-refractivity contribution in [3.05, 3.63) is 63.7 Å². The molecule has 0 unspecified atom stereocenters. The van der Waals surface area contributed by atoms with Gasteiger partial charge in [0.2, 0.25) is 0 Å². The first-order chi connectivity index (χ1) is 14.0. The van der Waals surface area contributed by atoms with Crippen LogP contribution < -0.4 is 10.3 Å². The summed E-state index contributed by atoms with van der Waals surface area (Å²) < 4.78 is 15.2. The number of hydrogen-bond acceptors (Lipinski definition) is 8. The standard InChI is InChI=1S/C20H18N2O6S/c1-26-16-9-12(29-3)5-7-14(16)20(25)28-10-17-21-15-8-11(19(24)27-2)4-6-13(15)18(23)22-17/h4-9H,10H2,1-3H3,(H,21,22,23). The van der Waals surface area contributed by atoms with Crippen LogP contribution in [0.25, 0.3) is 10.9 Å². The highest BCUT2D eigenvalue weighted by Gasteiger charge is 2.16. The number of rotatable bonds is 6.